The molecule has 3 rings (SSSR count). The third-order valence-corrected chi connectivity index (χ3v) is 3.90. The highest BCUT2D eigenvalue weighted by atomic mass is 32.1. The lowest BCUT2D eigenvalue weighted by Gasteiger charge is -2.18. The van der Waals surface area contributed by atoms with Gasteiger partial charge in [-0.3, -0.25) is 0 Å². The Kier molecular flexibility index (Phi) is 2.68. The molecule has 1 aromatic rings. The minimum absolute atomic E-state index is 0.524. The quantitative estimate of drug-likeness (QED) is 0.836. The molecule has 2 bridgehead atoms. The van der Waals surface area contributed by atoms with E-state index < -0.39 is 0 Å². The second-order valence-corrected chi connectivity index (χ2v) is 5.01. The summed E-state index contributed by atoms with van der Waals surface area (Å²) in [5, 5.41) is 9.43. The molecule has 4 nitrogen and oxygen atoms in total. The van der Waals surface area contributed by atoms with Crippen molar-refractivity contribution < 1.29 is 4.74 Å². The SMILES string of the molecule is c1snnc1CNCC1CC2CCC1O2. The molecule has 2 saturated heterocycles. The average molecular weight is 225 g/mol. The van der Waals surface area contributed by atoms with E-state index >= 15 is 0 Å². The minimum atomic E-state index is 0.524. The summed E-state index contributed by atoms with van der Waals surface area (Å²) in [5.41, 5.74) is 1.05. The largest absolute Gasteiger partial charge is 0.375 e. The van der Waals surface area contributed by atoms with E-state index in [1.807, 2.05) is 5.38 Å². The van der Waals surface area contributed by atoms with Crippen LogP contribution in [0.2, 0.25) is 0 Å². The molecular weight excluding hydrogens is 210 g/mol. The van der Waals surface area contributed by atoms with Crippen LogP contribution >= 0.6 is 11.5 Å². The standard InChI is InChI=1S/C10H15N3OS/c1-2-10-7(3-9(1)14-10)4-11-5-8-6-15-13-12-8/h6-7,9-11H,1-5H2. The fourth-order valence-electron chi connectivity index (χ4n) is 2.60. The zero-order valence-corrected chi connectivity index (χ0v) is 9.37. The summed E-state index contributed by atoms with van der Waals surface area (Å²) < 4.78 is 9.64. The smallest absolute Gasteiger partial charge is 0.0893 e. The van der Waals surface area contributed by atoms with Crippen molar-refractivity contribution in [2.24, 2.45) is 5.92 Å². The molecule has 3 heterocycles. The number of nitrogens with zero attached hydrogens (tertiary/aromatic N) is 2. The molecule has 2 aliphatic heterocycles. The van der Waals surface area contributed by atoms with E-state index in [-0.39, 0.29) is 0 Å². The van der Waals surface area contributed by atoms with Gasteiger partial charge in [0.15, 0.2) is 0 Å². The van der Waals surface area contributed by atoms with Gasteiger partial charge >= 0.3 is 0 Å². The highest BCUT2D eigenvalue weighted by Crippen LogP contribution is 2.38. The summed E-state index contributed by atoms with van der Waals surface area (Å²) in [7, 11) is 0. The molecule has 2 aliphatic rings. The first-order chi connectivity index (χ1) is 7.42. The van der Waals surface area contributed by atoms with E-state index in [1.54, 1.807) is 0 Å². The van der Waals surface area contributed by atoms with Crippen LogP contribution in [0.4, 0.5) is 0 Å². The van der Waals surface area contributed by atoms with Gasteiger partial charge in [-0.25, -0.2) is 0 Å². The van der Waals surface area contributed by atoms with E-state index in [1.165, 1.54) is 30.8 Å². The van der Waals surface area contributed by atoms with Gasteiger partial charge in [-0.2, -0.15) is 0 Å². The van der Waals surface area contributed by atoms with Crippen LogP contribution in [0.15, 0.2) is 5.38 Å². The van der Waals surface area contributed by atoms with Crippen LogP contribution in [-0.4, -0.2) is 28.3 Å². The maximum atomic E-state index is 5.81. The fourth-order valence-corrected chi connectivity index (χ4v) is 3.06. The second-order valence-electron chi connectivity index (χ2n) is 4.40. The summed E-state index contributed by atoms with van der Waals surface area (Å²) in [6.07, 6.45) is 4.86. The van der Waals surface area contributed by atoms with Gasteiger partial charge in [-0.15, -0.1) is 5.10 Å². The molecule has 0 aromatic carbocycles. The Morgan fingerprint density at radius 1 is 1.53 bits per heavy atom. The first kappa shape index (κ1) is 9.69. The molecule has 3 unspecified atom stereocenters. The van der Waals surface area contributed by atoms with Gasteiger partial charge in [0, 0.05) is 24.4 Å². The first-order valence-corrected chi connectivity index (χ1v) is 6.37. The minimum Gasteiger partial charge on any atom is -0.375 e. The molecule has 0 saturated carbocycles. The summed E-state index contributed by atoms with van der Waals surface area (Å²) >= 11 is 1.41. The van der Waals surface area contributed by atoms with Gasteiger partial charge in [0.05, 0.1) is 17.9 Å². The third kappa shape index (κ3) is 2.04. The van der Waals surface area contributed by atoms with E-state index in [2.05, 4.69) is 14.9 Å². The van der Waals surface area contributed by atoms with E-state index in [9.17, 15) is 0 Å². The Hall–Kier alpha value is -0.520. The van der Waals surface area contributed by atoms with Gasteiger partial charge in [-0.05, 0) is 30.8 Å². The van der Waals surface area contributed by atoms with E-state index in [4.69, 9.17) is 4.74 Å². The van der Waals surface area contributed by atoms with Crippen molar-refractivity contribution >= 4 is 11.5 Å². The molecule has 0 radical (unpaired) electrons. The van der Waals surface area contributed by atoms with Gasteiger partial charge < -0.3 is 10.1 Å². The van der Waals surface area contributed by atoms with Crippen LogP contribution in [0, 0.1) is 5.92 Å². The van der Waals surface area contributed by atoms with E-state index in [0.717, 1.165) is 24.7 Å². The number of aromatic nitrogens is 2. The van der Waals surface area contributed by atoms with Gasteiger partial charge in [0.1, 0.15) is 0 Å². The van der Waals surface area contributed by atoms with Crippen LogP contribution in [0.3, 0.4) is 0 Å². The fraction of sp³-hybridized carbons (Fsp3) is 0.800. The van der Waals surface area contributed by atoms with Crippen molar-refractivity contribution in [3.8, 4) is 0 Å². The Morgan fingerprint density at radius 3 is 3.20 bits per heavy atom. The predicted molar refractivity (Wildman–Crippen MR) is 57.6 cm³/mol. The summed E-state index contributed by atoms with van der Waals surface area (Å²) in [6.45, 7) is 1.89. The van der Waals surface area contributed by atoms with Gasteiger partial charge in [-0.1, -0.05) is 4.49 Å². The highest BCUT2D eigenvalue weighted by Gasteiger charge is 2.40. The van der Waals surface area contributed by atoms with Crippen molar-refractivity contribution in [2.75, 3.05) is 6.54 Å². The number of hydrogen-bond acceptors (Lipinski definition) is 5. The molecule has 82 valence electrons. The Bertz CT molecular complexity index is 316. The van der Waals surface area contributed by atoms with Crippen LogP contribution in [0.5, 0.6) is 0 Å². The predicted octanol–water partition coefficient (Wildman–Crippen LogP) is 1.20. The number of rotatable bonds is 4. The maximum Gasteiger partial charge on any atom is 0.0893 e. The van der Waals surface area contributed by atoms with Gasteiger partial charge in [0.2, 0.25) is 0 Å². The second kappa shape index (κ2) is 4.15. The topological polar surface area (TPSA) is 47.0 Å². The molecule has 1 aromatic heterocycles. The zero-order valence-electron chi connectivity index (χ0n) is 8.56. The van der Waals surface area contributed by atoms with Crippen molar-refractivity contribution in [1.82, 2.24) is 14.9 Å². The Balaban J connectivity index is 1.43. The normalized spacial score (nSPS) is 33.7. The van der Waals surface area contributed by atoms with Crippen LogP contribution in [-0.2, 0) is 11.3 Å². The number of nitrogens with one attached hydrogen (secondary N) is 1. The van der Waals surface area contributed by atoms with Crippen LogP contribution < -0.4 is 5.32 Å². The van der Waals surface area contributed by atoms with Crippen molar-refractivity contribution in [2.45, 2.75) is 38.0 Å². The lowest BCUT2D eigenvalue weighted by molar-refractivity contribution is 0.0923. The van der Waals surface area contributed by atoms with Crippen molar-refractivity contribution in [3.05, 3.63) is 11.1 Å². The molecule has 5 heteroatoms. The Morgan fingerprint density at radius 2 is 2.53 bits per heavy atom. The third-order valence-electron chi connectivity index (χ3n) is 3.35. The molecular formula is C10H15N3OS. The lowest BCUT2D eigenvalue weighted by atomic mass is 9.89. The molecule has 15 heavy (non-hydrogen) atoms. The lowest BCUT2D eigenvalue weighted by Crippen LogP contribution is -2.29. The molecule has 3 atom stereocenters. The van der Waals surface area contributed by atoms with Crippen LogP contribution in [0.1, 0.15) is 25.0 Å². The number of fused-ring (bicyclic) bond motifs is 2. The molecule has 0 aliphatic carbocycles. The highest BCUT2D eigenvalue weighted by molar-refractivity contribution is 7.03. The maximum absolute atomic E-state index is 5.81. The zero-order chi connectivity index (χ0) is 10.1. The van der Waals surface area contributed by atoms with Gasteiger partial charge in [0.25, 0.3) is 0 Å². The summed E-state index contributed by atoms with van der Waals surface area (Å²) in [6, 6.07) is 0. The average Bonchev–Trinajstić information content (AvgIpc) is 2.93. The first-order valence-electron chi connectivity index (χ1n) is 5.54. The summed E-state index contributed by atoms with van der Waals surface area (Å²) in [5.74, 6) is 0.718. The molecule has 0 amide bonds. The van der Waals surface area contributed by atoms with E-state index in [0.29, 0.717) is 12.2 Å². The molecule has 2 fully saturated rings. The van der Waals surface area contributed by atoms with Crippen LogP contribution in [0.25, 0.3) is 0 Å². The van der Waals surface area contributed by atoms with Crippen molar-refractivity contribution in [1.29, 1.82) is 0 Å². The molecule has 0 spiro atoms. The monoisotopic (exact) mass is 225 g/mol. The number of ether oxygens (including phenoxy) is 1. The van der Waals surface area contributed by atoms with Crippen molar-refractivity contribution in [3.63, 3.8) is 0 Å². The Labute approximate surface area is 93.2 Å². The number of hydrogen-bond donors (Lipinski definition) is 1. The molecule has 1 N–H and O–H groups in total. The summed E-state index contributed by atoms with van der Waals surface area (Å²) in [4.78, 5) is 0.